The van der Waals surface area contributed by atoms with Crippen molar-refractivity contribution in [2.75, 3.05) is 50.5 Å². The van der Waals surface area contributed by atoms with Crippen LogP contribution in [-0.4, -0.2) is 102 Å². The van der Waals surface area contributed by atoms with E-state index in [1.165, 1.54) is 10.6 Å². The number of piperazine rings is 1. The Morgan fingerprint density at radius 1 is 1.19 bits per heavy atom. The maximum atomic E-state index is 11.7. The highest BCUT2D eigenvalue weighted by molar-refractivity contribution is 7.88. The number of halogens is 1. The molecule has 36 heavy (non-hydrogen) atoms. The van der Waals surface area contributed by atoms with Crippen LogP contribution in [-0.2, 0) is 14.8 Å². The van der Waals surface area contributed by atoms with Crippen LogP contribution in [0, 0.1) is 0 Å². The second-order valence-electron chi connectivity index (χ2n) is 9.03. The lowest BCUT2D eigenvalue weighted by Gasteiger charge is -2.34. The second kappa shape index (κ2) is 10.1. The lowest BCUT2D eigenvalue weighted by Crippen LogP contribution is -2.48. The van der Waals surface area contributed by atoms with Crippen molar-refractivity contribution in [3.63, 3.8) is 0 Å². The number of pyridine rings is 1. The first-order valence-electron chi connectivity index (χ1n) is 11.6. The van der Waals surface area contributed by atoms with Gasteiger partial charge in [0.2, 0.25) is 10.0 Å². The third-order valence-corrected chi connectivity index (χ3v) is 8.10. The number of fused-ring (bicyclic) bond motifs is 1. The van der Waals surface area contributed by atoms with Crippen LogP contribution in [0.5, 0.6) is 6.01 Å². The van der Waals surface area contributed by atoms with Gasteiger partial charge in [-0.1, -0.05) is 23.7 Å². The molecule has 0 amide bonds. The van der Waals surface area contributed by atoms with Crippen molar-refractivity contribution < 1.29 is 28.1 Å². The molecule has 11 nitrogen and oxygen atoms in total. The van der Waals surface area contributed by atoms with E-state index in [-0.39, 0.29) is 19.2 Å². The van der Waals surface area contributed by atoms with Gasteiger partial charge in [-0.25, -0.2) is 13.4 Å². The summed E-state index contributed by atoms with van der Waals surface area (Å²) in [5.41, 5.74) is 3.46. The van der Waals surface area contributed by atoms with Crippen molar-refractivity contribution in [2.24, 2.45) is 0 Å². The zero-order chi connectivity index (χ0) is 25.4. The lowest BCUT2D eigenvalue weighted by atomic mass is 10.0. The van der Waals surface area contributed by atoms with Crippen molar-refractivity contribution in [1.82, 2.24) is 19.3 Å². The van der Waals surface area contributed by atoms with Gasteiger partial charge in [-0.2, -0.15) is 9.29 Å². The summed E-state index contributed by atoms with van der Waals surface area (Å²) in [4.78, 5) is 14.2. The van der Waals surface area contributed by atoms with E-state index in [2.05, 4.69) is 19.9 Å². The Bertz CT molecular complexity index is 1330. The van der Waals surface area contributed by atoms with Crippen molar-refractivity contribution in [3.05, 3.63) is 35.4 Å². The maximum Gasteiger partial charge on any atom is 0.296 e. The molecule has 3 N–H and O–H groups in total. The normalized spacial score (nSPS) is 23.8. The fourth-order valence-electron chi connectivity index (χ4n) is 4.51. The number of imidazole rings is 1. The zero-order valence-electron chi connectivity index (χ0n) is 19.7. The number of anilines is 1. The van der Waals surface area contributed by atoms with Gasteiger partial charge >= 0.3 is 0 Å². The first-order chi connectivity index (χ1) is 17.2. The van der Waals surface area contributed by atoms with Gasteiger partial charge in [-0.3, -0.25) is 0 Å². The van der Waals surface area contributed by atoms with Gasteiger partial charge < -0.3 is 29.6 Å². The smallest absolute Gasteiger partial charge is 0.296 e. The highest BCUT2D eigenvalue weighted by atomic mass is 35.5. The molecule has 0 spiro atoms. The molecule has 3 aromatic rings. The molecule has 5 rings (SSSR count). The Kier molecular flexibility index (Phi) is 7.07. The molecule has 2 aliphatic heterocycles. The van der Waals surface area contributed by atoms with Gasteiger partial charge in [0.05, 0.1) is 41.8 Å². The quantitative estimate of drug-likeness (QED) is 0.423. The molecule has 13 heteroatoms. The average Bonchev–Trinajstić information content (AvgIpc) is 3.24. The molecule has 2 fully saturated rings. The molecule has 3 atom stereocenters. The van der Waals surface area contributed by atoms with Crippen LogP contribution in [0.25, 0.3) is 22.4 Å². The van der Waals surface area contributed by atoms with Crippen molar-refractivity contribution in [3.8, 4) is 17.3 Å². The second-order valence-corrected chi connectivity index (χ2v) is 11.4. The molecular formula is C23H28ClN5O6S. The van der Waals surface area contributed by atoms with E-state index in [0.717, 1.165) is 11.3 Å². The summed E-state index contributed by atoms with van der Waals surface area (Å²) < 4.78 is 36.2. The predicted octanol–water partition coefficient (Wildman–Crippen LogP) is 1.25. The largest absolute Gasteiger partial charge is 0.459 e. The van der Waals surface area contributed by atoms with Gasteiger partial charge in [-0.05, 0) is 18.2 Å². The number of H-pyrrole nitrogens is 1. The molecule has 2 aliphatic rings. The van der Waals surface area contributed by atoms with E-state index in [9.17, 15) is 18.6 Å². The minimum atomic E-state index is -3.17. The first kappa shape index (κ1) is 25.2. The molecule has 1 unspecified atom stereocenters. The summed E-state index contributed by atoms with van der Waals surface area (Å²) in [6.45, 7) is 2.15. The monoisotopic (exact) mass is 537 g/mol. The van der Waals surface area contributed by atoms with Crippen LogP contribution in [0.15, 0.2) is 30.3 Å². The molecule has 0 saturated carbocycles. The number of rotatable bonds is 6. The zero-order valence-corrected chi connectivity index (χ0v) is 21.2. The van der Waals surface area contributed by atoms with Gasteiger partial charge in [0, 0.05) is 43.9 Å². The van der Waals surface area contributed by atoms with E-state index in [4.69, 9.17) is 21.1 Å². The molecule has 2 saturated heterocycles. The van der Waals surface area contributed by atoms with Crippen LogP contribution in [0.2, 0.25) is 5.02 Å². The number of aliphatic hydroxyl groups is 2. The summed E-state index contributed by atoms with van der Waals surface area (Å²) in [7, 11) is -3.17. The van der Waals surface area contributed by atoms with Gasteiger partial charge in [0.15, 0.2) is 5.65 Å². The van der Waals surface area contributed by atoms with Gasteiger partial charge in [0.1, 0.15) is 12.2 Å². The van der Waals surface area contributed by atoms with Crippen LogP contribution >= 0.6 is 11.6 Å². The highest BCUT2D eigenvalue weighted by Gasteiger charge is 2.31. The predicted molar refractivity (Wildman–Crippen MR) is 135 cm³/mol. The Morgan fingerprint density at radius 2 is 1.92 bits per heavy atom. The Hall–Kier alpha value is -2.48. The van der Waals surface area contributed by atoms with Crippen LogP contribution in [0.3, 0.4) is 0 Å². The summed E-state index contributed by atoms with van der Waals surface area (Å²) >= 11 is 6.54. The van der Waals surface area contributed by atoms with Crippen LogP contribution in [0.1, 0.15) is 6.42 Å². The number of hydrogen-bond acceptors (Lipinski definition) is 9. The number of nitrogens with zero attached hydrogens (tertiary/aromatic N) is 4. The van der Waals surface area contributed by atoms with E-state index in [0.29, 0.717) is 54.5 Å². The Balaban J connectivity index is 1.29. The number of ether oxygens (including phenoxy) is 2. The molecule has 1 aromatic carbocycles. The minimum absolute atomic E-state index is 0.231. The average molecular weight is 538 g/mol. The maximum absolute atomic E-state index is 11.7. The number of benzene rings is 1. The fraction of sp³-hybridized carbons (Fsp3) is 0.478. The molecule has 0 radical (unpaired) electrons. The number of nitrogens with one attached hydrogen (secondary N) is 1. The minimum Gasteiger partial charge on any atom is -0.459 e. The SMILES string of the molecule is CS(=O)(=O)N1CCN(c2ccc(-c3nc4nc(O[C@H]5COC(CO)[C@@H](O)C5)[nH]c4cc3Cl)cc2)CC1. The number of aliphatic hydroxyl groups excluding tert-OH is 2. The summed E-state index contributed by atoms with van der Waals surface area (Å²) in [5, 5.41) is 19.7. The molecule has 0 aliphatic carbocycles. The lowest BCUT2D eigenvalue weighted by molar-refractivity contribution is -0.131. The van der Waals surface area contributed by atoms with Crippen LogP contribution < -0.4 is 9.64 Å². The van der Waals surface area contributed by atoms with E-state index >= 15 is 0 Å². The summed E-state index contributed by atoms with van der Waals surface area (Å²) in [6.07, 6.45) is -0.278. The van der Waals surface area contributed by atoms with E-state index < -0.39 is 28.3 Å². The highest BCUT2D eigenvalue weighted by Crippen LogP contribution is 2.31. The summed E-state index contributed by atoms with van der Waals surface area (Å²) in [6, 6.07) is 9.80. The Labute approximate surface area is 213 Å². The number of hydrogen-bond donors (Lipinski definition) is 3. The van der Waals surface area contributed by atoms with Gasteiger partial charge in [0.25, 0.3) is 6.01 Å². The third kappa shape index (κ3) is 5.29. The number of sulfonamides is 1. The third-order valence-electron chi connectivity index (χ3n) is 6.51. The van der Waals surface area contributed by atoms with Crippen LogP contribution in [0.4, 0.5) is 5.69 Å². The summed E-state index contributed by atoms with van der Waals surface area (Å²) in [5.74, 6) is 0. The van der Waals surface area contributed by atoms with E-state index in [1.807, 2.05) is 24.3 Å². The first-order valence-corrected chi connectivity index (χ1v) is 13.9. The topological polar surface area (TPSA) is 141 Å². The van der Waals surface area contributed by atoms with Crippen molar-refractivity contribution >= 4 is 38.5 Å². The molecular weight excluding hydrogens is 510 g/mol. The number of aromatic nitrogens is 3. The van der Waals surface area contributed by atoms with E-state index in [1.54, 1.807) is 6.07 Å². The van der Waals surface area contributed by atoms with Crippen molar-refractivity contribution in [2.45, 2.75) is 24.7 Å². The molecule has 0 bridgehead atoms. The van der Waals surface area contributed by atoms with Gasteiger partial charge in [-0.15, -0.1) is 0 Å². The molecule has 194 valence electrons. The van der Waals surface area contributed by atoms with Crippen molar-refractivity contribution in [1.29, 1.82) is 0 Å². The number of aromatic amines is 1. The molecule has 4 heterocycles. The standard InChI is InChI=1S/C23H28ClN5O6S/c1-36(32,33)29-8-6-28(7-9-29)15-4-2-14(3-5-15)21-17(24)11-18-22(26-21)27-23(25-18)35-16-10-19(31)20(12-30)34-13-16/h2-5,11,16,19-20,30-31H,6-10,12-13H2,1H3,(H,25,26,27)/t16-,19+,20?/m1/s1. The Morgan fingerprint density at radius 3 is 2.56 bits per heavy atom. The fourth-order valence-corrected chi connectivity index (χ4v) is 5.59. The molecule has 2 aromatic heterocycles.